The molecule has 0 unspecified atom stereocenters. The summed E-state index contributed by atoms with van der Waals surface area (Å²) < 4.78 is 1.64. The molecule has 0 radical (unpaired) electrons. The van der Waals surface area contributed by atoms with Gasteiger partial charge in [0.15, 0.2) is 6.29 Å². The second-order valence-electron chi connectivity index (χ2n) is 4.33. The van der Waals surface area contributed by atoms with Crippen LogP contribution >= 0.6 is 11.6 Å². The van der Waals surface area contributed by atoms with E-state index in [1.807, 2.05) is 42.5 Å². The second kappa shape index (κ2) is 5.31. The highest BCUT2D eigenvalue weighted by molar-refractivity contribution is 6.30. The van der Waals surface area contributed by atoms with Crippen molar-refractivity contribution in [1.29, 1.82) is 0 Å². The van der Waals surface area contributed by atoms with E-state index < -0.39 is 0 Å². The summed E-state index contributed by atoms with van der Waals surface area (Å²) in [7, 11) is 0. The zero-order valence-corrected chi connectivity index (χ0v) is 11.3. The van der Waals surface area contributed by atoms with Crippen molar-refractivity contribution in [1.82, 2.24) is 9.78 Å². The van der Waals surface area contributed by atoms with Gasteiger partial charge in [-0.1, -0.05) is 41.9 Å². The minimum atomic E-state index is 0.515. The van der Waals surface area contributed by atoms with Gasteiger partial charge in [-0.15, -0.1) is 0 Å². The van der Waals surface area contributed by atoms with Gasteiger partial charge in [-0.05, 0) is 30.3 Å². The van der Waals surface area contributed by atoms with E-state index in [9.17, 15) is 4.79 Å². The average molecular weight is 283 g/mol. The number of nitrogens with zero attached hydrogens (tertiary/aromatic N) is 2. The maximum Gasteiger partial charge on any atom is 0.168 e. The predicted octanol–water partition coefficient (Wildman–Crippen LogP) is 4.01. The summed E-state index contributed by atoms with van der Waals surface area (Å²) in [4.78, 5) is 11.2. The van der Waals surface area contributed by atoms with Crippen LogP contribution in [0.1, 0.15) is 10.5 Å². The molecule has 0 bridgehead atoms. The van der Waals surface area contributed by atoms with E-state index in [4.69, 9.17) is 11.6 Å². The molecule has 0 amide bonds. The van der Waals surface area contributed by atoms with Gasteiger partial charge in [-0.2, -0.15) is 5.10 Å². The van der Waals surface area contributed by atoms with Gasteiger partial charge in [0.05, 0.1) is 11.4 Å². The van der Waals surface area contributed by atoms with E-state index in [0.717, 1.165) is 23.2 Å². The summed E-state index contributed by atoms with van der Waals surface area (Å²) in [5.41, 5.74) is 3.04. The van der Waals surface area contributed by atoms with E-state index in [1.54, 1.807) is 22.9 Å². The fourth-order valence-electron chi connectivity index (χ4n) is 2.02. The van der Waals surface area contributed by atoms with Gasteiger partial charge < -0.3 is 0 Å². The molecule has 0 saturated heterocycles. The summed E-state index contributed by atoms with van der Waals surface area (Å²) in [5.74, 6) is 0. The largest absolute Gasteiger partial charge is 0.296 e. The van der Waals surface area contributed by atoms with Crippen LogP contribution in [-0.2, 0) is 0 Å². The van der Waals surface area contributed by atoms with Crippen molar-refractivity contribution in [3.8, 4) is 16.9 Å². The Morgan fingerprint density at radius 3 is 2.35 bits per heavy atom. The van der Waals surface area contributed by atoms with Gasteiger partial charge in [0.25, 0.3) is 0 Å². The molecule has 0 aliphatic heterocycles. The topological polar surface area (TPSA) is 34.9 Å². The van der Waals surface area contributed by atoms with Crippen molar-refractivity contribution in [2.45, 2.75) is 0 Å². The first-order valence-electron chi connectivity index (χ1n) is 6.14. The van der Waals surface area contributed by atoms with Crippen LogP contribution in [0.5, 0.6) is 0 Å². The summed E-state index contributed by atoms with van der Waals surface area (Å²) in [6, 6.07) is 18.7. The van der Waals surface area contributed by atoms with Crippen molar-refractivity contribution >= 4 is 17.9 Å². The minimum absolute atomic E-state index is 0.515. The standard InChI is InChI=1S/C16H11ClN2O/c17-13-8-6-12(7-9-13)16-10-15(11-20)19(18-16)14-4-2-1-3-5-14/h1-11H. The number of hydrogen-bond acceptors (Lipinski definition) is 2. The van der Waals surface area contributed by atoms with Crippen molar-refractivity contribution < 1.29 is 4.79 Å². The number of carbonyl (C=O) groups excluding carboxylic acids is 1. The Balaban J connectivity index is 2.09. The maximum absolute atomic E-state index is 11.2. The summed E-state index contributed by atoms with van der Waals surface area (Å²) >= 11 is 5.88. The molecule has 20 heavy (non-hydrogen) atoms. The Labute approximate surface area is 121 Å². The molecule has 0 aliphatic rings. The molecule has 0 fully saturated rings. The number of hydrogen-bond donors (Lipinski definition) is 0. The highest BCUT2D eigenvalue weighted by atomic mass is 35.5. The fraction of sp³-hybridized carbons (Fsp3) is 0. The first kappa shape index (κ1) is 12.6. The van der Waals surface area contributed by atoms with Gasteiger partial charge in [-0.25, -0.2) is 4.68 Å². The Morgan fingerprint density at radius 2 is 1.70 bits per heavy atom. The first-order chi connectivity index (χ1) is 9.78. The summed E-state index contributed by atoms with van der Waals surface area (Å²) in [5, 5.41) is 5.17. The van der Waals surface area contributed by atoms with Crippen LogP contribution in [0.3, 0.4) is 0 Å². The average Bonchev–Trinajstić information content (AvgIpc) is 2.93. The Hall–Kier alpha value is -2.39. The highest BCUT2D eigenvalue weighted by Crippen LogP contribution is 2.22. The zero-order valence-electron chi connectivity index (χ0n) is 10.5. The Bertz CT molecular complexity index is 733. The molecule has 1 aromatic heterocycles. The third-order valence-corrected chi connectivity index (χ3v) is 3.25. The molecule has 3 rings (SSSR count). The van der Waals surface area contributed by atoms with Gasteiger partial charge in [-0.3, -0.25) is 4.79 Å². The normalized spacial score (nSPS) is 10.4. The molecule has 2 aromatic carbocycles. The minimum Gasteiger partial charge on any atom is -0.296 e. The molecule has 0 atom stereocenters. The molecule has 0 aliphatic carbocycles. The number of aromatic nitrogens is 2. The Morgan fingerprint density at radius 1 is 1.00 bits per heavy atom. The highest BCUT2D eigenvalue weighted by Gasteiger charge is 2.10. The van der Waals surface area contributed by atoms with Crippen LogP contribution in [0.15, 0.2) is 60.7 Å². The van der Waals surface area contributed by atoms with Crippen LogP contribution in [0.25, 0.3) is 16.9 Å². The Kier molecular flexibility index (Phi) is 3.35. The summed E-state index contributed by atoms with van der Waals surface area (Å²) in [6.45, 7) is 0. The quantitative estimate of drug-likeness (QED) is 0.681. The van der Waals surface area contributed by atoms with E-state index in [0.29, 0.717) is 10.7 Å². The molecule has 98 valence electrons. The van der Waals surface area contributed by atoms with Crippen LogP contribution in [0.2, 0.25) is 5.02 Å². The molecule has 1 heterocycles. The SMILES string of the molecule is O=Cc1cc(-c2ccc(Cl)cc2)nn1-c1ccccc1. The molecular weight excluding hydrogens is 272 g/mol. The molecule has 0 spiro atoms. The van der Waals surface area contributed by atoms with Gasteiger partial charge in [0.2, 0.25) is 0 Å². The molecule has 0 N–H and O–H groups in total. The maximum atomic E-state index is 11.2. The molecule has 3 nitrogen and oxygen atoms in total. The van der Waals surface area contributed by atoms with Gasteiger partial charge in [0.1, 0.15) is 5.69 Å². The third kappa shape index (κ3) is 2.36. The molecule has 4 heteroatoms. The predicted molar refractivity (Wildman–Crippen MR) is 79.4 cm³/mol. The number of benzene rings is 2. The lowest BCUT2D eigenvalue weighted by atomic mass is 10.1. The first-order valence-corrected chi connectivity index (χ1v) is 6.52. The number of halogens is 1. The van der Waals surface area contributed by atoms with Crippen molar-refractivity contribution in [2.24, 2.45) is 0 Å². The van der Waals surface area contributed by atoms with Crippen LogP contribution in [0.4, 0.5) is 0 Å². The zero-order chi connectivity index (χ0) is 13.9. The van der Waals surface area contributed by atoms with Crippen molar-refractivity contribution in [3.63, 3.8) is 0 Å². The van der Waals surface area contributed by atoms with Crippen molar-refractivity contribution in [2.75, 3.05) is 0 Å². The van der Waals surface area contributed by atoms with Crippen LogP contribution < -0.4 is 0 Å². The number of rotatable bonds is 3. The van der Waals surface area contributed by atoms with Crippen molar-refractivity contribution in [3.05, 3.63) is 71.4 Å². The summed E-state index contributed by atoms with van der Waals surface area (Å²) in [6.07, 6.45) is 0.805. The van der Waals surface area contributed by atoms with E-state index >= 15 is 0 Å². The number of aldehydes is 1. The van der Waals surface area contributed by atoms with E-state index in [1.165, 1.54) is 0 Å². The van der Waals surface area contributed by atoms with Crippen LogP contribution in [-0.4, -0.2) is 16.1 Å². The number of para-hydroxylation sites is 1. The molecule has 0 saturated carbocycles. The van der Waals surface area contributed by atoms with Gasteiger partial charge >= 0.3 is 0 Å². The smallest absolute Gasteiger partial charge is 0.168 e. The monoisotopic (exact) mass is 282 g/mol. The number of carbonyl (C=O) groups is 1. The van der Waals surface area contributed by atoms with Crippen LogP contribution in [0, 0.1) is 0 Å². The lowest BCUT2D eigenvalue weighted by Crippen LogP contribution is -2.00. The molecule has 3 aromatic rings. The van der Waals surface area contributed by atoms with E-state index in [-0.39, 0.29) is 0 Å². The fourth-order valence-corrected chi connectivity index (χ4v) is 2.14. The third-order valence-electron chi connectivity index (χ3n) is 3.00. The van der Waals surface area contributed by atoms with E-state index in [2.05, 4.69) is 5.10 Å². The molecular formula is C16H11ClN2O. The van der Waals surface area contributed by atoms with Gasteiger partial charge in [0, 0.05) is 10.6 Å². The lowest BCUT2D eigenvalue weighted by Gasteiger charge is -2.02. The second-order valence-corrected chi connectivity index (χ2v) is 4.76. The lowest BCUT2D eigenvalue weighted by molar-refractivity contribution is 0.111.